The number of halogens is 3. The minimum absolute atomic E-state index is 0.277. The second-order valence-corrected chi connectivity index (χ2v) is 6.58. The lowest BCUT2D eigenvalue weighted by molar-refractivity contribution is -0.274. The number of hydrogen-bond donors (Lipinski definition) is 2. The van der Waals surface area contributed by atoms with E-state index in [0.717, 1.165) is 24.3 Å². The predicted octanol–water partition coefficient (Wildman–Crippen LogP) is 2.52. The largest absolute Gasteiger partial charge is 0.573 e. The Bertz CT molecular complexity index is 865. The van der Waals surface area contributed by atoms with Crippen LogP contribution in [-0.2, 0) is 10.0 Å². The van der Waals surface area contributed by atoms with Gasteiger partial charge in [-0.05, 0) is 42.8 Å². The van der Waals surface area contributed by atoms with Crippen molar-refractivity contribution in [1.29, 1.82) is 0 Å². The molecule has 2 N–H and O–H groups in total. The third-order valence-electron chi connectivity index (χ3n) is 3.06. The third kappa shape index (κ3) is 5.19. The first-order valence-electron chi connectivity index (χ1n) is 6.82. The molecule has 0 aliphatic rings. The molecule has 0 saturated heterocycles. The molecule has 1 amide bonds. The minimum atomic E-state index is -4.87. The van der Waals surface area contributed by atoms with Gasteiger partial charge >= 0.3 is 6.36 Å². The molecule has 0 heterocycles. The zero-order valence-corrected chi connectivity index (χ0v) is 13.6. The number of rotatable bonds is 5. The lowest BCUT2D eigenvalue weighted by atomic mass is 10.1. The molecule has 25 heavy (non-hydrogen) atoms. The number of hydrogen-bond acceptors (Lipinski definition) is 4. The highest BCUT2D eigenvalue weighted by atomic mass is 32.2. The number of carbonyl (C=O) groups is 1. The molecule has 0 aromatic heterocycles. The van der Waals surface area contributed by atoms with Crippen LogP contribution in [0.1, 0.15) is 15.9 Å². The predicted molar refractivity (Wildman–Crippen MR) is 82.1 cm³/mol. The van der Waals surface area contributed by atoms with E-state index in [1.165, 1.54) is 6.07 Å². The molecule has 2 rings (SSSR count). The number of benzene rings is 2. The Balaban J connectivity index is 2.06. The van der Waals surface area contributed by atoms with Gasteiger partial charge in [-0.25, -0.2) is 8.42 Å². The molecule has 0 bridgehead atoms. The molecule has 6 nitrogen and oxygen atoms in total. The molecule has 2 aromatic rings. The SMILES string of the molecule is Cc1ccccc1C(=O)NNS(=O)(=O)c1ccc(OC(F)(F)F)cc1. The molecule has 2 aromatic carbocycles. The average molecular weight is 374 g/mol. The monoisotopic (exact) mass is 374 g/mol. The van der Waals surface area contributed by atoms with Crippen LogP contribution in [0.2, 0.25) is 0 Å². The molecule has 0 fully saturated rings. The summed E-state index contributed by atoms with van der Waals surface area (Å²) >= 11 is 0. The number of aryl methyl sites for hydroxylation is 1. The maximum Gasteiger partial charge on any atom is 0.573 e. The lowest BCUT2D eigenvalue weighted by Gasteiger charge is -2.11. The topological polar surface area (TPSA) is 84.5 Å². The number of nitrogens with one attached hydrogen (secondary N) is 2. The van der Waals surface area contributed by atoms with Crippen LogP contribution in [0.25, 0.3) is 0 Å². The summed E-state index contributed by atoms with van der Waals surface area (Å²) in [6.45, 7) is 1.68. The molecule has 0 aliphatic carbocycles. The van der Waals surface area contributed by atoms with Gasteiger partial charge in [0.15, 0.2) is 0 Å². The van der Waals surface area contributed by atoms with Gasteiger partial charge in [0.25, 0.3) is 15.9 Å². The molecular weight excluding hydrogens is 361 g/mol. The van der Waals surface area contributed by atoms with Crippen LogP contribution in [0.4, 0.5) is 13.2 Å². The van der Waals surface area contributed by atoms with Crippen LogP contribution in [0.5, 0.6) is 5.75 Å². The van der Waals surface area contributed by atoms with Gasteiger partial charge in [-0.3, -0.25) is 10.2 Å². The Kier molecular flexibility index (Phi) is 5.33. The highest BCUT2D eigenvalue weighted by Gasteiger charge is 2.31. The summed E-state index contributed by atoms with van der Waals surface area (Å²) in [6, 6.07) is 10.1. The first kappa shape index (κ1) is 18.7. The molecule has 134 valence electrons. The molecule has 0 aliphatic heterocycles. The second-order valence-electron chi connectivity index (χ2n) is 4.89. The molecule has 0 saturated carbocycles. The Morgan fingerprint density at radius 1 is 1.04 bits per heavy atom. The average Bonchev–Trinajstić information content (AvgIpc) is 2.52. The van der Waals surface area contributed by atoms with E-state index >= 15 is 0 Å². The maximum absolute atomic E-state index is 12.1. The van der Waals surface area contributed by atoms with Crippen molar-refractivity contribution in [3.63, 3.8) is 0 Å². The van der Waals surface area contributed by atoms with Crippen molar-refractivity contribution in [2.24, 2.45) is 0 Å². The summed E-state index contributed by atoms with van der Waals surface area (Å²) in [7, 11) is -4.16. The molecule has 0 spiro atoms. The van der Waals surface area contributed by atoms with E-state index in [2.05, 4.69) is 4.74 Å². The number of alkyl halides is 3. The zero-order chi connectivity index (χ0) is 18.7. The second kappa shape index (κ2) is 7.11. The third-order valence-corrected chi connectivity index (χ3v) is 4.32. The highest BCUT2D eigenvalue weighted by Crippen LogP contribution is 2.23. The van der Waals surface area contributed by atoms with Gasteiger partial charge in [0, 0.05) is 5.56 Å². The fourth-order valence-electron chi connectivity index (χ4n) is 1.89. The molecular formula is C15H13F3N2O4S. The number of ether oxygens (including phenoxy) is 1. The lowest BCUT2D eigenvalue weighted by Crippen LogP contribution is -2.41. The number of amides is 1. The Morgan fingerprint density at radius 3 is 2.20 bits per heavy atom. The molecule has 0 unspecified atom stereocenters. The van der Waals surface area contributed by atoms with Gasteiger partial charge in [-0.1, -0.05) is 18.2 Å². The smallest absolute Gasteiger partial charge is 0.406 e. The van der Waals surface area contributed by atoms with Gasteiger partial charge in [0.05, 0.1) is 4.90 Å². The Morgan fingerprint density at radius 2 is 1.64 bits per heavy atom. The zero-order valence-electron chi connectivity index (χ0n) is 12.8. The maximum atomic E-state index is 12.1. The van der Waals surface area contributed by atoms with Crippen LogP contribution in [0.3, 0.4) is 0 Å². The van der Waals surface area contributed by atoms with Crippen molar-refractivity contribution in [2.75, 3.05) is 0 Å². The summed E-state index contributed by atoms with van der Waals surface area (Å²) in [5.74, 6) is -1.23. The fourth-order valence-corrected chi connectivity index (χ4v) is 2.73. The van der Waals surface area contributed by atoms with Gasteiger partial charge in [-0.2, -0.15) is 0 Å². The summed E-state index contributed by atoms with van der Waals surface area (Å²) in [6.07, 6.45) is -4.87. The normalized spacial score (nSPS) is 11.8. The minimum Gasteiger partial charge on any atom is -0.406 e. The van der Waals surface area contributed by atoms with Crippen LogP contribution in [0.15, 0.2) is 53.4 Å². The van der Waals surface area contributed by atoms with E-state index in [0.29, 0.717) is 5.56 Å². The Hall–Kier alpha value is -2.59. The molecule has 10 heteroatoms. The van der Waals surface area contributed by atoms with E-state index < -0.39 is 28.0 Å². The van der Waals surface area contributed by atoms with E-state index in [-0.39, 0.29) is 10.5 Å². The molecule has 0 atom stereocenters. The number of carbonyl (C=O) groups excluding carboxylic acids is 1. The van der Waals surface area contributed by atoms with E-state index in [1.807, 2.05) is 10.3 Å². The van der Waals surface area contributed by atoms with Crippen molar-refractivity contribution in [1.82, 2.24) is 10.3 Å². The standard InChI is InChI=1S/C15H13F3N2O4S/c1-10-4-2-3-5-13(10)14(21)19-20-25(22,23)12-8-6-11(7-9-12)24-15(16,17)18/h2-9,20H,1H3,(H,19,21). The summed E-state index contributed by atoms with van der Waals surface area (Å²) < 4.78 is 64.0. The van der Waals surface area contributed by atoms with Crippen molar-refractivity contribution >= 4 is 15.9 Å². The van der Waals surface area contributed by atoms with Gasteiger partial charge in [0.2, 0.25) is 0 Å². The first-order chi connectivity index (χ1) is 11.6. The summed E-state index contributed by atoms with van der Waals surface area (Å²) in [5.41, 5.74) is 2.97. The number of hydrazine groups is 1. The van der Waals surface area contributed by atoms with Gasteiger partial charge in [0.1, 0.15) is 5.75 Å². The van der Waals surface area contributed by atoms with Crippen molar-refractivity contribution in [3.05, 3.63) is 59.7 Å². The van der Waals surface area contributed by atoms with E-state index in [4.69, 9.17) is 0 Å². The summed E-state index contributed by atoms with van der Waals surface area (Å²) in [4.78, 5) is 13.5. The van der Waals surface area contributed by atoms with Gasteiger partial charge < -0.3 is 4.74 Å². The van der Waals surface area contributed by atoms with Crippen LogP contribution >= 0.6 is 0 Å². The summed E-state index contributed by atoms with van der Waals surface area (Å²) in [5, 5.41) is 0. The van der Waals surface area contributed by atoms with Crippen molar-refractivity contribution in [2.45, 2.75) is 18.2 Å². The number of sulfonamides is 1. The molecule has 0 radical (unpaired) electrons. The van der Waals surface area contributed by atoms with Crippen molar-refractivity contribution < 1.29 is 31.1 Å². The Labute approximate surface area is 141 Å². The highest BCUT2D eigenvalue weighted by molar-refractivity contribution is 7.89. The van der Waals surface area contributed by atoms with Gasteiger partial charge in [-0.15, -0.1) is 18.0 Å². The van der Waals surface area contributed by atoms with Crippen LogP contribution < -0.4 is 15.0 Å². The van der Waals surface area contributed by atoms with E-state index in [1.54, 1.807) is 25.1 Å². The van der Waals surface area contributed by atoms with Crippen LogP contribution in [0, 0.1) is 6.92 Å². The van der Waals surface area contributed by atoms with Crippen LogP contribution in [-0.4, -0.2) is 20.7 Å². The first-order valence-corrected chi connectivity index (χ1v) is 8.30. The quantitative estimate of drug-likeness (QED) is 0.788. The fraction of sp³-hybridized carbons (Fsp3) is 0.133. The van der Waals surface area contributed by atoms with Crippen molar-refractivity contribution in [3.8, 4) is 5.75 Å². The van der Waals surface area contributed by atoms with E-state index in [9.17, 15) is 26.4 Å².